The third kappa shape index (κ3) is 3.39. The summed E-state index contributed by atoms with van der Waals surface area (Å²) in [5.74, 6) is -1.19. The number of fused-ring (bicyclic) bond motifs is 1. The Labute approximate surface area is 143 Å². The predicted octanol–water partition coefficient (Wildman–Crippen LogP) is 4.35. The van der Waals surface area contributed by atoms with Gasteiger partial charge in [-0.1, -0.05) is 17.7 Å². The maximum absolute atomic E-state index is 13.0. The van der Waals surface area contributed by atoms with Crippen molar-refractivity contribution in [3.8, 4) is 0 Å². The Morgan fingerprint density at radius 2 is 1.96 bits per heavy atom. The number of alkyl halides is 3. The minimum atomic E-state index is -4.76. The highest BCUT2D eigenvalue weighted by atomic mass is 35.5. The molecule has 0 spiro atoms. The van der Waals surface area contributed by atoms with E-state index in [4.69, 9.17) is 16.0 Å². The summed E-state index contributed by atoms with van der Waals surface area (Å²) in [7, 11) is 0. The number of rotatable bonds is 2. The lowest BCUT2D eigenvalue weighted by Crippen LogP contribution is -2.13. The zero-order valence-electron chi connectivity index (χ0n) is 12.6. The maximum atomic E-state index is 13.0. The summed E-state index contributed by atoms with van der Waals surface area (Å²) >= 11 is 6.00. The Kier molecular flexibility index (Phi) is 4.08. The second kappa shape index (κ2) is 5.96. The molecule has 2 aromatic heterocycles. The Morgan fingerprint density at radius 3 is 2.60 bits per heavy atom. The summed E-state index contributed by atoms with van der Waals surface area (Å²) in [6, 6.07) is 6.22. The van der Waals surface area contributed by atoms with Crippen LogP contribution in [0.3, 0.4) is 0 Å². The lowest BCUT2D eigenvalue weighted by Gasteiger charge is -2.06. The minimum absolute atomic E-state index is 0.272. The van der Waals surface area contributed by atoms with Crippen LogP contribution in [0.15, 0.2) is 39.5 Å². The normalized spacial score (nSPS) is 11.7. The van der Waals surface area contributed by atoms with Crippen molar-refractivity contribution in [2.75, 3.05) is 5.32 Å². The van der Waals surface area contributed by atoms with Gasteiger partial charge in [0.2, 0.25) is 5.71 Å². The SMILES string of the molecule is Cc1ccc(NC(=O)c2cc3c(C(F)(F)F)cc(=O)[nH]c3o2)c(Cl)c1. The number of benzene rings is 1. The van der Waals surface area contributed by atoms with E-state index in [0.717, 1.165) is 11.6 Å². The van der Waals surface area contributed by atoms with Gasteiger partial charge >= 0.3 is 6.18 Å². The van der Waals surface area contributed by atoms with E-state index >= 15 is 0 Å². The van der Waals surface area contributed by atoms with Gasteiger partial charge in [-0.25, -0.2) is 0 Å². The first-order valence-corrected chi connectivity index (χ1v) is 7.34. The van der Waals surface area contributed by atoms with E-state index in [1.54, 1.807) is 18.2 Å². The molecule has 1 aromatic carbocycles. The number of H-pyrrole nitrogens is 1. The molecule has 3 rings (SSSR count). The fourth-order valence-electron chi connectivity index (χ4n) is 2.29. The lowest BCUT2D eigenvalue weighted by molar-refractivity contribution is -0.136. The highest BCUT2D eigenvalue weighted by Gasteiger charge is 2.34. The van der Waals surface area contributed by atoms with E-state index in [9.17, 15) is 22.8 Å². The van der Waals surface area contributed by atoms with Crippen LogP contribution >= 0.6 is 11.6 Å². The molecule has 0 saturated heterocycles. The smallest absolute Gasteiger partial charge is 0.417 e. The Morgan fingerprint density at radius 1 is 1.24 bits per heavy atom. The summed E-state index contributed by atoms with van der Waals surface area (Å²) in [6.45, 7) is 1.81. The van der Waals surface area contributed by atoms with Crippen molar-refractivity contribution in [2.45, 2.75) is 13.1 Å². The highest BCUT2D eigenvalue weighted by Crippen LogP contribution is 2.34. The maximum Gasteiger partial charge on any atom is 0.417 e. The van der Waals surface area contributed by atoms with Gasteiger partial charge in [-0.2, -0.15) is 13.2 Å². The van der Waals surface area contributed by atoms with E-state index in [2.05, 4.69) is 10.3 Å². The number of aromatic amines is 1. The topological polar surface area (TPSA) is 75.1 Å². The largest absolute Gasteiger partial charge is 0.434 e. The predicted molar refractivity (Wildman–Crippen MR) is 86.0 cm³/mol. The molecule has 3 aromatic rings. The molecule has 0 saturated carbocycles. The molecule has 25 heavy (non-hydrogen) atoms. The van der Waals surface area contributed by atoms with Gasteiger partial charge in [-0.15, -0.1) is 0 Å². The van der Waals surface area contributed by atoms with Crippen molar-refractivity contribution < 1.29 is 22.4 Å². The molecule has 5 nitrogen and oxygen atoms in total. The van der Waals surface area contributed by atoms with Gasteiger partial charge in [-0.05, 0) is 30.7 Å². The van der Waals surface area contributed by atoms with Crippen molar-refractivity contribution >= 4 is 34.3 Å². The number of furan rings is 1. The van der Waals surface area contributed by atoms with Crippen molar-refractivity contribution in [3.05, 3.63) is 62.6 Å². The van der Waals surface area contributed by atoms with Crippen LogP contribution < -0.4 is 10.9 Å². The molecule has 0 unspecified atom stereocenters. The van der Waals surface area contributed by atoms with Crippen LogP contribution in [0.25, 0.3) is 11.1 Å². The second-order valence-electron chi connectivity index (χ2n) is 5.34. The fraction of sp³-hybridized carbons (Fsp3) is 0.125. The number of anilines is 1. The molecule has 130 valence electrons. The van der Waals surface area contributed by atoms with Crippen molar-refractivity contribution in [1.82, 2.24) is 4.98 Å². The molecule has 2 N–H and O–H groups in total. The minimum Gasteiger partial charge on any atom is -0.434 e. The Balaban J connectivity index is 2.01. The van der Waals surface area contributed by atoms with Gasteiger partial charge in [0.05, 0.1) is 21.7 Å². The molecule has 0 bridgehead atoms. The number of amides is 1. The van der Waals surface area contributed by atoms with Gasteiger partial charge in [0.1, 0.15) is 0 Å². The second-order valence-corrected chi connectivity index (χ2v) is 5.74. The van der Waals surface area contributed by atoms with Crippen LogP contribution in [0.5, 0.6) is 0 Å². The molecule has 0 atom stereocenters. The van der Waals surface area contributed by atoms with E-state index in [0.29, 0.717) is 6.07 Å². The van der Waals surface area contributed by atoms with Crippen molar-refractivity contribution in [3.63, 3.8) is 0 Å². The van der Waals surface area contributed by atoms with Gasteiger partial charge in [0.15, 0.2) is 5.76 Å². The van der Waals surface area contributed by atoms with E-state index in [1.165, 1.54) is 0 Å². The molecule has 0 radical (unpaired) electrons. The molecule has 0 fully saturated rings. The average Bonchev–Trinajstić information content (AvgIpc) is 2.92. The highest BCUT2D eigenvalue weighted by molar-refractivity contribution is 6.34. The molecule has 9 heteroatoms. The number of nitrogens with one attached hydrogen (secondary N) is 2. The van der Waals surface area contributed by atoms with E-state index < -0.39 is 34.3 Å². The summed E-state index contributed by atoms with van der Waals surface area (Å²) < 4.78 is 44.2. The summed E-state index contributed by atoms with van der Waals surface area (Å²) in [6.07, 6.45) is -4.76. The fourth-order valence-corrected chi connectivity index (χ4v) is 2.57. The Hall–Kier alpha value is -2.74. The molecule has 0 aliphatic heterocycles. The van der Waals surface area contributed by atoms with Gasteiger partial charge < -0.3 is 9.73 Å². The van der Waals surface area contributed by atoms with Crippen LogP contribution in [-0.4, -0.2) is 10.9 Å². The number of hydrogen-bond donors (Lipinski definition) is 2. The van der Waals surface area contributed by atoms with Crippen LogP contribution in [-0.2, 0) is 6.18 Å². The molecular formula is C16H10ClF3N2O3. The number of hydrogen-bond acceptors (Lipinski definition) is 3. The summed E-state index contributed by atoms with van der Waals surface area (Å²) in [5, 5.41) is 2.31. The molecule has 0 aliphatic carbocycles. The lowest BCUT2D eigenvalue weighted by atomic mass is 10.1. The molecule has 1 amide bonds. The number of halogens is 4. The van der Waals surface area contributed by atoms with E-state index in [-0.39, 0.29) is 16.5 Å². The van der Waals surface area contributed by atoms with Gasteiger partial charge in [0, 0.05) is 6.07 Å². The summed E-state index contributed by atoms with van der Waals surface area (Å²) in [5.41, 5.74) is -1.44. The van der Waals surface area contributed by atoms with E-state index in [1.807, 2.05) is 6.92 Å². The first-order valence-electron chi connectivity index (χ1n) is 6.97. The average molecular weight is 371 g/mol. The molecular weight excluding hydrogens is 361 g/mol. The standard InChI is InChI=1S/C16H10ClF3N2O3/c1-7-2-3-11(10(17)4-7)21-14(24)12-5-8-9(16(18,19)20)6-13(23)22-15(8)25-12/h2-6H,1H3,(H,21,24)(H,22,23). The van der Waals surface area contributed by atoms with Crippen LogP contribution in [0.1, 0.15) is 21.7 Å². The first-order chi connectivity index (χ1) is 11.6. The zero-order valence-corrected chi connectivity index (χ0v) is 13.4. The Bertz CT molecular complexity index is 1040. The van der Waals surface area contributed by atoms with Crippen LogP contribution in [0.4, 0.5) is 18.9 Å². The van der Waals surface area contributed by atoms with Gasteiger partial charge in [-0.3, -0.25) is 14.6 Å². The number of pyridine rings is 1. The van der Waals surface area contributed by atoms with Crippen molar-refractivity contribution in [2.24, 2.45) is 0 Å². The number of aromatic nitrogens is 1. The first kappa shape index (κ1) is 17.1. The van der Waals surface area contributed by atoms with Crippen LogP contribution in [0, 0.1) is 6.92 Å². The monoisotopic (exact) mass is 370 g/mol. The quantitative estimate of drug-likeness (QED) is 0.704. The third-order valence-electron chi connectivity index (χ3n) is 3.44. The molecule has 0 aliphatic rings. The van der Waals surface area contributed by atoms with Gasteiger partial charge in [0.25, 0.3) is 11.5 Å². The number of carbonyl (C=O) groups excluding carboxylic acids is 1. The van der Waals surface area contributed by atoms with Crippen LogP contribution in [0.2, 0.25) is 5.02 Å². The third-order valence-corrected chi connectivity index (χ3v) is 3.75. The summed E-state index contributed by atoms with van der Waals surface area (Å²) in [4.78, 5) is 25.7. The zero-order chi connectivity index (χ0) is 18.4. The number of carbonyl (C=O) groups is 1. The van der Waals surface area contributed by atoms with Crippen molar-refractivity contribution in [1.29, 1.82) is 0 Å². The molecule has 2 heterocycles. The number of aryl methyl sites for hydroxylation is 1.